The highest BCUT2D eigenvalue weighted by molar-refractivity contribution is 6.10. The summed E-state index contributed by atoms with van der Waals surface area (Å²) in [7, 11) is 0. The van der Waals surface area contributed by atoms with Crippen LogP contribution in [0.2, 0.25) is 0 Å². The van der Waals surface area contributed by atoms with Gasteiger partial charge in [0.05, 0.1) is 33.9 Å². The third kappa shape index (κ3) is 9.85. The summed E-state index contributed by atoms with van der Waals surface area (Å²) in [5.74, 6) is -35.4. The lowest BCUT2D eigenvalue weighted by Gasteiger charge is -2.37. The number of fused-ring (bicyclic) bond motifs is 7. The monoisotopic (exact) mass is 1230 g/mol. The first-order chi connectivity index (χ1) is 41.5. The van der Waals surface area contributed by atoms with Crippen LogP contribution in [0.3, 0.4) is 0 Å². The van der Waals surface area contributed by atoms with Gasteiger partial charge >= 0.3 is 29.8 Å². The van der Waals surface area contributed by atoms with E-state index in [2.05, 4.69) is 0 Å². The second-order valence-electron chi connectivity index (χ2n) is 19.6. The van der Waals surface area contributed by atoms with Crippen molar-refractivity contribution in [3.8, 4) is 143 Å². The molecule has 0 aromatic heterocycles. The van der Waals surface area contributed by atoms with E-state index in [-0.39, 0.29) is 11.1 Å². The van der Waals surface area contributed by atoms with Crippen molar-refractivity contribution in [1.82, 2.24) is 0 Å². The van der Waals surface area contributed by atoms with E-state index in [0.29, 0.717) is 42.5 Å². The number of carbonyl (C=O) groups excluding carboxylic acids is 5. The summed E-state index contributed by atoms with van der Waals surface area (Å²) in [6, 6.07) is 6.13. The number of rotatable bonds is 7. The highest BCUT2D eigenvalue weighted by Crippen LogP contribution is 2.56. The van der Waals surface area contributed by atoms with Gasteiger partial charge in [0.25, 0.3) is 0 Å². The van der Waals surface area contributed by atoms with Crippen molar-refractivity contribution in [2.75, 3.05) is 13.2 Å². The molecule has 10 rings (SSSR count). The molecule has 7 aromatic carbocycles. The standard InChI is InChI=1S/C56H42O32/c57-21-2-1-14(3-23(21)59)47-30(66)6-16-22(58)11-31(67)49(48(16)86-47)82-12-32-50(87-56(81)20-10-29(65)42(72)46(76)37(20)35-18(54(79)85-32)8-27(63)40(70)44(35)74)51-33(84-52(77)15-4-24(60)38(68)25(61)5-15)13-83-53(78)17-7-26(62)39(69)43(73)34(17)36-19(55(80)88-51)9-28(64)41(71)45(36)75/h1-5,7-11,30,32-33,47,50-51,57-76H,6,12-13H2/t30-,32-,33+,47+,50+,51+/m0/s1. The summed E-state index contributed by atoms with van der Waals surface area (Å²) in [4.78, 5) is 74.1. The maximum Gasteiger partial charge on any atom is 0.339 e. The Morgan fingerprint density at radius 3 is 1.36 bits per heavy atom. The number of ether oxygens (including phenoxy) is 7. The summed E-state index contributed by atoms with van der Waals surface area (Å²) in [6.45, 7) is -3.12. The largest absolute Gasteiger partial charge is 0.507 e. The molecule has 0 amide bonds. The van der Waals surface area contributed by atoms with Crippen LogP contribution in [0.15, 0.2) is 60.7 Å². The second-order valence-corrected chi connectivity index (χ2v) is 19.6. The minimum absolute atomic E-state index is 0.0460. The van der Waals surface area contributed by atoms with E-state index in [1.54, 1.807) is 0 Å². The van der Waals surface area contributed by atoms with Crippen LogP contribution < -0.4 is 9.47 Å². The summed E-state index contributed by atoms with van der Waals surface area (Å²) in [5, 5.41) is 217. The molecule has 0 saturated carbocycles. The van der Waals surface area contributed by atoms with Gasteiger partial charge in [-0.15, -0.1) is 0 Å². The van der Waals surface area contributed by atoms with Gasteiger partial charge in [0, 0.05) is 40.3 Å². The molecule has 3 heterocycles. The summed E-state index contributed by atoms with van der Waals surface area (Å²) in [6.07, 6.45) is -15.0. The maximum absolute atomic E-state index is 15.2. The van der Waals surface area contributed by atoms with Gasteiger partial charge in [-0.2, -0.15) is 0 Å². The van der Waals surface area contributed by atoms with Crippen molar-refractivity contribution in [3.63, 3.8) is 0 Å². The Hall–Kier alpha value is -12.4. The van der Waals surface area contributed by atoms with Crippen LogP contribution in [-0.4, -0.2) is 176 Å². The zero-order chi connectivity index (χ0) is 64.0. The number of cyclic esters (lactones) is 4. The van der Waals surface area contributed by atoms with E-state index < -0.39 is 257 Å². The number of phenols is 19. The second kappa shape index (κ2) is 21.7. The third-order valence-corrected chi connectivity index (χ3v) is 14.2. The van der Waals surface area contributed by atoms with Gasteiger partial charge in [0.1, 0.15) is 19.0 Å². The summed E-state index contributed by atoms with van der Waals surface area (Å²) in [5.41, 5.74) is -11.0. The van der Waals surface area contributed by atoms with Crippen LogP contribution in [0.4, 0.5) is 0 Å². The normalized spacial score (nSPS) is 19.0. The van der Waals surface area contributed by atoms with Crippen molar-refractivity contribution >= 4 is 29.8 Å². The van der Waals surface area contributed by atoms with Gasteiger partial charge in [-0.25, -0.2) is 24.0 Å². The number of aromatic hydroxyl groups is 19. The lowest BCUT2D eigenvalue weighted by atomic mass is 9.91. The van der Waals surface area contributed by atoms with Gasteiger partial charge in [0.15, 0.2) is 117 Å². The molecular weight excluding hydrogens is 1180 g/mol. The molecule has 3 aliphatic heterocycles. The molecule has 88 heavy (non-hydrogen) atoms. The van der Waals surface area contributed by atoms with Crippen LogP contribution in [-0.2, 0) is 30.1 Å². The minimum atomic E-state index is -2.94. The van der Waals surface area contributed by atoms with E-state index >= 15 is 14.4 Å². The quantitative estimate of drug-likeness (QED) is 0.0619. The Balaban J connectivity index is 1.23. The predicted molar refractivity (Wildman–Crippen MR) is 280 cm³/mol. The van der Waals surface area contributed by atoms with Crippen molar-refractivity contribution in [1.29, 1.82) is 0 Å². The molecule has 0 aliphatic carbocycles. The van der Waals surface area contributed by atoms with Crippen LogP contribution in [0.5, 0.6) is 121 Å². The molecule has 3 aliphatic rings. The predicted octanol–water partition coefficient (Wildman–Crippen LogP) is 3.23. The summed E-state index contributed by atoms with van der Waals surface area (Å²) < 4.78 is 40.9. The average molecular weight is 1230 g/mol. The molecule has 0 unspecified atom stereocenters. The van der Waals surface area contributed by atoms with Crippen molar-refractivity contribution < 1.29 is 159 Å². The number of benzene rings is 7. The van der Waals surface area contributed by atoms with Crippen LogP contribution in [0.25, 0.3) is 22.3 Å². The first kappa shape index (κ1) is 58.8. The number of hydrogen-bond acceptors (Lipinski definition) is 32. The molecule has 7 aromatic rings. The number of aliphatic hydroxyl groups is 1. The summed E-state index contributed by atoms with van der Waals surface area (Å²) >= 11 is 0. The van der Waals surface area contributed by atoms with Crippen molar-refractivity contribution in [2.45, 2.75) is 43.0 Å². The average Bonchev–Trinajstić information content (AvgIpc) is 0.963. The lowest BCUT2D eigenvalue weighted by molar-refractivity contribution is -0.136. The van der Waals surface area contributed by atoms with Gasteiger partial charge in [-0.1, -0.05) is 6.07 Å². The fraction of sp³-hybridized carbons (Fsp3) is 0.161. The third-order valence-electron chi connectivity index (χ3n) is 14.2. The highest BCUT2D eigenvalue weighted by Gasteiger charge is 2.50. The Labute approximate surface area is 486 Å². The van der Waals surface area contributed by atoms with E-state index in [4.69, 9.17) is 33.2 Å². The SMILES string of the molecule is O=C(O[C@@H]1COC(=O)c2cc(O)c(O)c(O)c2-c2c(cc(O)c(O)c2O)C(=O)O[C@H]1[C@@H]1OC(=O)c2cc(O)c(O)c(O)c2-c2c(cc(O)c(O)c2O)C(=O)O[C@H]1COc1c(O)cc(O)c2c1O[C@H](c1ccc(O)c(O)c1)[C@@H](O)C2)c1cc(O)c(O)c(O)c1. The highest BCUT2D eigenvalue weighted by atomic mass is 16.6. The van der Waals surface area contributed by atoms with Gasteiger partial charge < -0.3 is 135 Å². The number of aliphatic hydroxyl groups excluding tert-OH is 1. The molecule has 0 fully saturated rings. The van der Waals surface area contributed by atoms with Crippen molar-refractivity contribution in [3.05, 3.63) is 99.6 Å². The Kier molecular flexibility index (Phi) is 14.5. The maximum atomic E-state index is 15.2. The van der Waals surface area contributed by atoms with E-state index in [1.807, 2.05) is 0 Å². The van der Waals surface area contributed by atoms with Gasteiger partial charge in [-0.3, -0.25) is 0 Å². The molecule has 6 atom stereocenters. The number of esters is 5. The molecule has 0 saturated heterocycles. The molecule has 0 radical (unpaired) electrons. The zero-order valence-corrected chi connectivity index (χ0v) is 43.7. The van der Waals surface area contributed by atoms with Crippen molar-refractivity contribution in [2.24, 2.45) is 0 Å². The van der Waals surface area contributed by atoms with E-state index in [9.17, 15) is 112 Å². The fourth-order valence-electron chi connectivity index (χ4n) is 9.88. The molecule has 32 nitrogen and oxygen atoms in total. The Morgan fingerprint density at radius 1 is 0.443 bits per heavy atom. The smallest absolute Gasteiger partial charge is 0.339 e. The van der Waals surface area contributed by atoms with E-state index in [1.165, 1.54) is 6.07 Å². The first-order valence-electron chi connectivity index (χ1n) is 24.9. The zero-order valence-electron chi connectivity index (χ0n) is 43.7. The van der Waals surface area contributed by atoms with Gasteiger partial charge in [0.2, 0.25) is 28.7 Å². The van der Waals surface area contributed by atoms with Crippen LogP contribution >= 0.6 is 0 Å². The molecule has 32 heteroatoms. The molecule has 0 spiro atoms. The molecule has 0 bridgehead atoms. The van der Waals surface area contributed by atoms with Crippen LogP contribution in [0, 0.1) is 0 Å². The topological polar surface area (TPSA) is 555 Å². The lowest BCUT2D eigenvalue weighted by Crippen LogP contribution is -2.55. The van der Waals surface area contributed by atoms with Gasteiger partial charge in [-0.05, 0) is 54.1 Å². The minimum Gasteiger partial charge on any atom is -0.507 e. The van der Waals surface area contributed by atoms with E-state index in [0.717, 1.165) is 12.1 Å². The molecule has 458 valence electrons. The molecular formula is C56H42O32. The first-order valence-corrected chi connectivity index (χ1v) is 24.9. The number of hydrogen-bond donors (Lipinski definition) is 20. The molecule has 20 N–H and O–H groups in total. The van der Waals surface area contributed by atoms with Crippen LogP contribution in [0.1, 0.15) is 69.0 Å². The Bertz CT molecular complexity index is 4150. The number of carbonyl (C=O) groups is 5. The number of phenolic OH excluding ortho intramolecular Hbond substituents is 19. The fourth-order valence-corrected chi connectivity index (χ4v) is 9.88. The Morgan fingerprint density at radius 2 is 0.886 bits per heavy atom.